The first-order valence-corrected chi connectivity index (χ1v) is 8.08. The topological polar surface area (TPSA) is 35.5 Å². The Kier molecular flexibility index (Phi) is 8.64. The Balaban J connectivity index is 2.41. The average molecular weight is 282 g/mol. The molecule has 106 valence electrons. The molecule has 4 heteroatoms. The molecule has 0 atom stereocenters. The highest BCUT2D eigenvalue weighted by atomic mass is 31.2. The van der Waals surface area contributed by atoms with Crippen LogP contribution in [0.4, 0.5) is 0 Å². The minimum atomic E-state index is -1.37. The maximum Gasteiger partial charge on any atom is 0.243 e. The van der Waals surface area contributed by atoms with Crippen molar-refractivity contribution in [1.29, 1.82) is 0 Å². The molecule has 1 rings (SSSR count). The SMILES string of the molecule is CCCOP(OCCC)C(=O)CCc1ccccc1. The lowest BCUT2D eigenvalue weighted by molar-refractivity contribution is -0.113. The lowest BCUT2D eigenvalue weighted by Crippen LogP contribution is -2.05. The van der Waals surface area contributed by atoms with Gasteiger partial charge in [0.05, 0.1) is 13.2 Å². The van der Waals surface area contributed by atoms with Gasteiger partial charge in [0, 0.05) is 6.42 Å². The van der Waals surface area contributed by atoms with Gasteiger partial charge < -0.3 is 9.05 Å². The van der Waals surface area contributed by atoms with Crippen LogP contribution in [0.5, 0.6) is 0 Å². The van der Waals surface area contributed by atoms with E-state index in [1.807, 2.05) is 44.2 Å². The van der Waals surface area contributed by atoms with Gasteiger partial charge in [0.15, 0.2) is 0 Å². The van der Waals surface area contributed by atoms with E-state index < -0.39 is 8.38 Å². The summed E-state index contributed by atoms with van der Waals surface area (Å²) >= 11 is 0. The second-order valence-corrected chi connectivity index (χ2v) is 5.83. The van der Waals surface area contributed by atoms with E-state index in [0.29, 0.717) is 19.6 Å². The standard InChI is InChI=1S/C15H23O3P/c1-3-12-17-19(18-13-4-2)15(16)11-10-14-8-6-5-7-9-14/h5-9H,3-4,10-13H2,1-2H3. The third-order valence-electron chi connectivity index (χ3n) is 2.50. The van der Waals surface area contributed by atoms with E-state index in [1.165, 1.54) is 5.56 Å². The summed E-state index contributed by atoms with van der Waals surface area (Å²) < 4.78 is 11.1. The van der Waals surface area contributed by atoms with E-state index in [4.69, 9.17) is 9.05 Å². The highest BCUT2D eigenvalue weighted by Gasteiger charge is 2.20. The van der Waals surface area contributed by atoms with Gasteiger partial charge in [-0.15, -0.1) is 0 Å². The molecule has 1 aromatic rings. The van der Waals surface area contributed by atoms with Crippen molar-refractivity contribution in [2.24, 2.45) is 0 Å². The Labute approximate surface area is 117 Å². The molecule has 0 aliphatic rings. The summed E-state index contributed by atoms with van der Waals surface area (Å²) in [5.74, 6) is 0. The number of hydrogen-bond donors (Lipinski definition) is 0. The highest BCUT2D eigenvalue weighted by molar-refractivity contribution is 7.66. The zero-order valence-corrected chi connectivity index (χ0v) is 12.7. The lowest BCUT2D eigenvalue weighted by atomic mass is 10.1. The largest absolute Gasteiger partial charge is 0.329 e. The Hall–Kier alpha value is -0.760. The van der Waals surface area contributed by atoms with Crippen LogP contribution < -0.4 is 0 Å². The van der Waals surface area contributed by atoms with E-state index in [0.717, 1.165) is 19.3 Å². The molecule has 0 saturated heterocycles. The predicted octanol–water partition coefficient (Wildman–Crippen LogP) is 4.31. The predicted molar refractivity (Wildman–Crippen MR) is 79.2 cm³/mol. The van der Waals surface area contributed by atoms with E-state index in [1.54, 1.807) is 0 Å². The second kappa shape index (κ2) is 10.1. The lowest BCUT2D eigenvalue weighted by Gasteiger charge is -2.15. The molecule has 0 unspecified atom stereocenters. The minimum Gasteiger partial charge on any atom is -0.329 e. The van der Waals surface area contributed by atoms with Gasteiger partial charge in [0.1, 0.15) is 0 Å². The molecule has 0 bridgehead atoms. The van der Waals surface area contributed by atoms with Gasteiger partial charge >= 0.3 is 0 Å². The Morgan fingerprint density at radius 3 is 2.16 bits per heavy atom. The van der Waals surface area contributed by atoms with Crippen LogP contribution in [-0.4, -0.2) is 18.7 Å². The summed E-state index contributed by atoms with van der Waals surface area (Å²) in [6.07, 6.45) is 3.05. The van der Waals surface area contributed by atoms with Crippen molar-refractivity contribution in [3.63, 3.8) is 0 Å². The van der Waals surface area contributed by atoms with Crippen LogP contribution >= 0.6 is 8.38 Å². The van der Waals surface area contributed by atoms with E-state index in [9.17, 15) is 4.79 Å². The van der Waals surface area contributed by atoms with Crippen LogP contribution in [0.15, 0.2) is 30.3 Å². The van der Waals surface area contributed by atoms with Crippen molar-refractivity contribution in [1.82, 2.24) is 0 Å². The summed E-state index contributed by atoms with van der Waals surface area (Å²) in [5.41, 5.74) is 1.28. The number of aryl methyl sites for hydroxylation is 1. The van der Waals surface area contributed by atoms with Gasteiger partial charge in [-0.25, -0.2) is 0 Å². The van der Waals surface area contributed by atoms with Crippen LogP contribution in [-0.2, 0) is 20.3 Å². The molecule has 1 aromatic carbocycles. The normalized spacial score (nSPS) is 10.9. The van der Waals surface area contributed by atoms with Crippen molar-refractivity contribution in [2.45, 2.75) is 39.5 Å². The highest BCUT2D eigenvalue weighted by Crippen LogP contribution is 2.41. The van der Waals surface area contributed by atoms with Gasteiger partial charge in [-0.05, 0) is 24.8 Å². The zero-order chi connectivity index (χ0) is 13.9. The number of hydrogen-bond acceptors (Lipinski definition) is 3. The summed E-state index contributed by atoms with van der Waals surface area (Å²) in [6.45, 7) is 5.24. The van der Waals surface area contributed by atoms with Crippen molar-refractivity contribution in [3.8, 4) is 0 Å². The molecule has 0 aromatic heterocycles. The van der Waals surface area contributed by atoms with Crippen LogP contribution in [0, 0.1) is 0 Å². The van der Waals surface area contributed by atoms with Gasteiger partial charge in [-0.2, -0.15) is 0 Å². The Bertz CT molecular complexity index is 346. The van der Waals surface area contributed by atoms with E-state index >= 15 is 0 Å². The maximum absolute atomic E-state index is 12.1. The third-order valence-corrected chi connectivity index (χ3v) is 3.96. The fourth-order valence-corrected chi connectivity index (χ4v) is 2.87. The van der Waals surface area contributed by atoms with E-state index in [-0.39, 0.29) is 5.52 Å². The van der Waals surface area contributed by atoms with Crippen molar-refractivity contribution in [3.05, 3.63) is 35.9 Å². The number of benzene rings is 1. The molecule has 0 aliphatic carbocycles. The summed E-state index contributed by atoms with van der Waals surface area (Å²) in [4.78, 5) is 12.1. The molecule has 0 fully saturated rings. The maximum atomic E-state index is 12.1. The molecular weight excluding hydrogens is 259 g/mol. The first kappa shape index (κ1) is 16.3. The Morgan fingerprint density at radius 1 is 1.05 bits per heavy atom. The molecule has 3 nitrogen and oxygen atoms in total. The summed E-state index contributed by atoms with van der Waals surface area (Å²) in [7, 11) is -1.37. The fraction of sp³-hybridized carbons (Fsp3) is 0.533. The third kappa shape index (κ3) is 6.81. The first-order chi connectivity index (χ1) is 9.27. The second-order valence-electron chi connectivity index (χ2n) is 4.30. The van der Waals surface area contributed by atoms with Gasteiger partial charge in [0.2, 0.25) is 13.9 Å². The molecule has 0 saturated carbocycles. The van der Waals surface area contributed by atoms with Crippen molar-refractivity contribution in [2.75, 3.05) is 13.2 Å². The summed E-state index contributed by atoms with van der Waals surface area (Å²) in [5, 5.41) is 0. The summed E-state index contributed by atoms with van der Waals surface area (Å²) in [6, 6.07) is 10.0. The van der Waals surface area contributed by atoms with Crippen molar-refractivity contribution < 1.29 is 13.8 Å². The number of rotatable bonds is 10. The molecule has 0 amide bonds. The fourth-order valence-electron chi connectivity index (χ4n) is 1.52. The molecule has 0 radical (unpaired) electrons. The molecule has 0 spiro atoms. The van der Waals surface area contributed by atoms with Crippen molar-refractivity contribution >= 4 is 13.9 Å². The van der Waals surface area contributed by atoms with Gasteiger partial charge in [-0.3, -0.25) is 4.79 Å². The molecule has 0 aliphatic heterocycles. The smallest absolute Gasteiger partial charge is 0.243 e. The average Bonchev–Trinajstić information content (AvgIpc) is 2.46. The molecule has 19 heavy (non-hydrogen) atoms. The monoisotopic (exact) mass is 282 g/mol. The van der Waals surface area contributed by atoms with Crippen LogP contribution in [0.1, 0.15) is 38.7 Å². The van der Waals surface area contributed by atoms with Gasteiger partial charge in [-0.1, -0.05) is 44.2 Å². The number of carbonyl (C=O) groups excluding carboxylic acids is 1. The minimum absolute atomic E-state index is 0.0979. The van der Waals surface area contributed by atoms with Crippen LogP contribution in [0.3, 0.4) is 0 Å². The van der Waals surface area contributed by atoms with Gasteiger partial charge in [0.25, 0.3) is 0 Å². The quantitative estimate of drug-likeness (QED) is 0.600. The van der Waals surface area contributed by atoms with Crippen LogP contribution in [0.2, 0.25) is 0 Å². The molecule has 0 heterocycles. The molecule has 0 N–H and O–H groups in total. The van der Waals surface area contributed by atoms with E-state index in [2.05, 4.69) is 0 Å². The number of carbonyl (C=O) groups is 1. The van der Waals surface area contributed by atoms with Crippen LogP contribution in [0.25, 0.3) is 0 Å². The Morgan fingerprint density at radius 2 is 1.63 bits per heavy atom. The zero-order valence-electron chi connectivity index (χ0n) is 11.8. The molecular formula is C15H23O3P. The first-order valence-electron chi connectivity index (χ1n) is 6.90.